The number of urea groups is 1. The molecule has 2 aromatic carbocycles. The number of carbonyl (C=O) groups is 1. The number of fused-ring (bicyclic) bond motifs is 3. The van der Waals surface area contributed by atoms with Gasteiger partial charge in [0.05, 0.1) is 0 Å². The predicted octanol–water partition coefficient (Wildman–Crippen LogP) is 4.46. The lowest BCUT2D eigenvalue weighted by molar-refractivity contribution is 0.247. The number of nitrogens with one attached hydrogen (secondary N) is 3. The van der Waals surface area contributed by atoms with Crippen LogP contribution in [0.25, 0.3) is 10.9 Å². The number of rotatable bonds is 2. The number of H-pyrrole nitrogens is 1. The van der Waals surface area contributed by atoms with E-state index in [0.29, 0.717) is 0 Å². The largest absolute Gasteiger partial charge is 0.358 e. The number of benzene rings is 2. The molecule has 2 amide bonds. The molecule has 0 radical (unpaired) electrons. The van der Waals surface area contributed by atoms with Crippen molar-refractivity contribution in [3.05, 3.63) is 64.8 Å². The first-order chi connectivity index (χ1) is 12.1. The van der Waals surface area contributed by atoms with Crippen LogP contribution in [0.4, 0.5) is 10.5 Å². The second-order valence-electron chi connectivity index (χ2n) is 7.04. The molecular weight excluding hydrogens is 310 g/mol. The fraction of sp³-hybridized carbons (Fsp3) is 0.286. The Bertz CT molecular complexity index is 924. The maximum Gasteiger partial charge on any atom is 0.319 e. The van der Waals surface area contributed by atoms with Crippen molar-refractivity contribution in [2.45, 2.75) is 39.2 Å². The Morgan fingerprint density at radius 3 is 2.64 bits per heavy atom. The number of aryl methyl sites for hydroxylation is 3. The number of amides is 2. The van der Waals surface area contributed by atoms with Crippen LogP contribution in [0, 0.1) is 13.8 Å². The molecule has 3 aromatic rings. The number of hydrogen-bond donors (Lipinski definition) is 3. The smallest absolute Gasteiger partial charge is 0.319 e. The van der Waals surface area contributed by atoms with Gasteiger partial charge in [-0.2, -0.15) is 0 Å². The van der Waals surface area contributed by atoms with Crippen molar-refractivity contribution in [1.29, 1.82) is 0 Å². The summed E-state index contributed by atoms with van der Waals surface area (Å²) in [6.07, 6.45) is 2.81. The van der Waals surface area contributed by atoms with E-state index in [1.165, 1.54) is 33.3 Å². The Morgan fingerprint density at radius 1 is 1.08 bits per heavy atom. The maximum atomic E-state index is 12.3. The number of aromatic nitrogens is 1. The van der Waals surface area contributed by atoms with Crippen LogP contribution in [-0.4, -0.2) is 17.1 Å². The zero-order valence-electron chi connectivity index (χ0n) is 14.6. The molecule has 4 rings (SSSR count). The topological polar surface area (TPSA) is 56.9 Å². The molecule has 128 valence electrons. The van der Waals surface area contributed by atoms with Crippen LogP contribution >= 0.6 is 0 Å². The zero-order valence-corrected chi connectivity index (χ0v) is 14.6. The molecule has 1 atom stereocenters. The van der Waals surface area contributed by atoms with Crippen LogP contribution in [0.3, 0.4) is 0 Å². The molecule has 4 nitrogen and oxygen atoms in total. The summed E-state index contributed by atoms with van der Waals surface area (Å²) in [7, 11) is 0. The molecule has 25 heavy (non-hydrogen) atoms. The van der Waals surface area contributed by atoms with Gasteiger partial charge in [0.1, 0.15) is 0 Å². The van der Waals surface area contributed by atoms with E-state index >= 15 is 0 Å². The van der Waals surface area contributed by atoms with Crippen molar-refractivity contribution in [1.82, 2.24) is 10.3 Å². The van der Waals surface area contributed by atoms with Gasteiger partial charge in [0.25, 0.3) is 0 Å². The summed E-state index contributed by atoms with van der Waals surface area (Å²) in [5.41, 5.74) is 7.15. The lowest BCUT2D eigenvalue weighted by Gasteiger charge is -2.23. The fourth-order valence-corrected chi connectivity index (χ4v) is 3.66. The Kier molecular flexibility index (Phi) is 3.96. The van der Waals surface area contributed by atoms with Gasteiger partial charge in [-0.25, -0.2) is 4.79 Å². The molecule has 0 saturated heterocycles. The molecule has 0 spiro atoms. The van der Waals surface area contributed by atoms with Crippen molar-refractivity contribution in [2.24, 2.45) is 0 Å². The highest BCUT2D eigenvalue weighted by molar-refractivity contribution is 5.89. The third-order valence-electron chi connectivity index (χ3n) is 4.99. The third kappa shape index (κ3) is 3.25. The Balaban J connectivity index is 1.44. The van der Waals surface area contributed by atoms with Crippen molar-refractivity contribution < 1.29 is 4.79 Å². The summed E-state index contributed by atoms with van der Waals surface area (Å²) >= 11 is 0. The first-order valence-electron chi connectivity index (χ1n) is 8.83. The van der Waals surface area contributed by atoms with E-state index in [0.717, 1.165) is 24.9 Å². The van der Waals surface area contributed by atoms with Gasteiger partial charge < -0.3 is 15.6 Å². The molecule has 1 aliphatic rings. The molecule has 0 fully saturated rings. The van der Waals surface area contributed by atoms with Gasteiger partial charge in [-0.15, -0.1) is 0 Å². The van der Waals surface area contributed by atoms with Crippen molar-refractivity contribution in [3.8, 4) is 0 Å². The van der Waals surface area contributed by atoms with E-state index in [1.807, 2.05) is 31.2 Å². The van der Waals surface area contributed by atoms with Crippen molar-refractivity contribution in [2.75, 3.05) is 5.32 Å². The van der Waals surface area contributed by atoms with Gasteiger partial charge in [0, 0.05) is 34.7 Å². The Hall–Kier alpha value is -2.75. The standard InChI is InChI=1S/C21H23N3O/c1-13-3-6-15(7-4-13)22-21(25)23-16-8-9-17-18-11-14(2)5-10-19(18)24-20(17)12-16/h3-7,10-11,16,24H,8-9,12H2,1-2H3,(H2,22,23,25). The number of hydrogen-bond acceptors (Lipinski definition) is 1. The first kappa shape index (κ1) is 15.8. The predicted molar refractivity (Wildman–Crippen MR) is 102 cm³/mol. The summed E-state index contributed by atoms with van der Waals surface area (Å²) in [6, 6.07) is 14.4. The molecule has 3 N–H and O–H groups in total. The molecule has 1 aliphatic carbocycles. The van der Waals surface area contributed by atoms with Crippen molar-refractivity contribution >= 4 is 22.6 Å². The van der Waals surface area contributed by atoms with Gasteiger partial charge in [-0.05, 0) is 56.5 Å². The number of anilines is 1. The highest BCUT2D eigenvalue weighted by Gasteiger charge is 2.23. The second-order valence-corrected chi connectivity index (χ2v) is 7.04. The van der Waals surface area contributed by atoms with E-state index in [4.69, 9.17) is 0 Å². The minimum absolute atomic E-state index is 0.135. The van der Waals surface area contributed by atoms with Gasteiger partial charge >= 0.3 is 6.03 Å². The molecular formula is C21H23N3O. The van der Waals surface area contributed by atoms with Crippen LogP contribution in [0.15, 0.2) is 42.5 Å². The SMILES string of the molecule is Cc1ccc(NC(=O)NC2CCc3c([nH]c4ccc(C)cc34)C2)cc1. The van der Waals surface area contributed by atoms with Crippen LogP contribution in [-0.2, 0) is 12.8 Å². The van der Waals surface area contributed by atoms with Crippen molar-refractivity contribution in [3.63, 3.8) is 0 Å². The van der Waals surface area contributed by atoms with Gasteiger partial charge in [-0.1, -0.05) is 29.3 Å². The lowest BCUT2D eigenvalue weighted by Crippen LogP contribution is -2.41. The Labute approximate surface area is 147 Å². The monoisotopic (exact) mass is 333 g/mol. The highest BCUT2D eigenvalue weighted by Crippen LogP contribution is 2.29. The van der Waals surface area contributed by atoms with Gasteiger partial charge in [-0.3, -0.25) is 0 Å². The average Bonchev–Trinajstić information content (AvgIpc) is 2.94. The van der Waals surface area contributed by atoms with Crippen LogP contribution in [0.1, 0.15) is 28.8 Å². The number of carbonyl (C=O) groups excluding carboxylic acids is 1. The van der Waals surface area contributed by atoms with Crippen LogP contribution in [0.2, 0.25) is 0 Å². The summed E-state index contributed by atoms with van der Waals surface area (Å²) in [4.78, 5) is 15.8. The first-order valence-corrected chi connectivity index (χ1v) is 8.83. The lowest BCUT2D eigenvalue weighted by atomic mass is 9.91. The molecule has 0 saturated carbocycles. The minimum Gasteiger partial charge on any atom is -0.358 e. The molecule has 4 heteroatoms. The quantitative estimate of drug-likeness (QED) is 0.637. The summed E-state index contributed by atoms with van der Waals surface area (Å²) in [5, 5.41) is 7.35. The Morgan fingerprint density at radius 2 is 1.84 bits per heavy atom. The van der Waals surface area contributed by atoms with Crippen LogP contribution in [0.5, 0.6) is 0 Å². The summed E-state index contributed by atoms with van der Waals surface area (Å²) < 4.78 is 0. The van der Waals surface area contributed by atoms with E-state index < -0.39 is 0 Å². The molecule has 1 aromatic heterocycles. The maximum absolute atomic E-state index is 12.3. The van der Waals surface area contributed by atoms with E-state index in [2.05, 4.69) is 40.7 Å². The number of aromatic amines is 1. The normalized spacial score (nSPS) is 16.5. The van der Waals surface area contributed by atoms with Gasteiger partial charge in [0.15, 0.2) is 0 Å². The fourth-order valence-electron chi connectivity index (χ4n) is 3.66. The molecule has 1 heterocycles. The second kappa shape index (κ2) is 6.28. The molecule has 1 unspecified atom stereocenters. The third-order valence-corrected chi connectivity index (χ3v) is 4.99. The van der Waals surface area contributed by atoms with E-state index in [-0.39, 0.29) is 12.1 Å². The molecule has 0 bridgehead atoms. The minimum atomic E-state index is -0.135. The van der Waals surface area contributed by atoms with E-state index in [1.54, 1.807) is 0 Å². The summed E-state index contributed by atoms with van der Waals surface area (Å²) in [5.74, 6) is 0. The highest BCUT2D eigenvalue weighted by atomic mass is 16.2. The zero-order chi connectivity index (χ0) is 17.4. The van der Waals surface area contributed by atoms with E-state index in [9.17, 15) is 4.79 Å². The average molecular weight is 333 g/mol. The summed E-state index contributed by atoms with van der Waals surface area (Å²) in [6.45, 7) is 4.16. The molecule has 0 aliphatic heterocycles. The van der Waals surface area contributed by atoms with Gasteiger partial charge in [0.2, 0.25) is 0 Å². The van der Waals surface area contributed by atoms with Crippen LogP contribution < -0.4 is 10.6 Å².